The lowest BCUT2D eigenvalue weighted by Crippen LogP contribution is -2.39. The van der Waals surface area contributed by atoms with Gasteiger partial charge in [0.1, 0.15) is 12.4 Å². The van der Waals surface area contributed by atoms with E-state index in [1.807, 2.05) is 0 Å². The first-order valence-corrected chi connectivity index (χ1v) is 10.4. The second kappa shape index (κ2) is 9.28. The van der Waals surface area contributed by atoms with Crippen LogP contribution in [-0.2, 0) is 19.6 Å². The molecule has 8 nitrogen and oxygen atoms in total. The third kappa shape index (κ3) is 6.39. The Morgan fingerprint density at radius 2 is 1.69 bits per heavy atom. The molecular formula is C19H21FN4O4S. The minimum Gasteiger partial charge on any atom is -0.326 e. The van der Waals surface area contributed by atoms with Crippen molar-refractivity contribution in [2.45, 2.75) is 13.8 Å². The summed E-state index contributed by atoms with van der Waals surface area (Å²) in [6.45, 7) is 2.42. The average molecular weight is 420 g/mol. The summed E-state index contributed by atoms with van der Waals surface area (Å²) in [5.74, 6) is -1.68. The molecule has 154 valence electrons. The number of halogens is 1. The molecule has 10 heteroatoms. The topological polar surface area (TPSA) is 108 Å². The van der Waals surface area contributed by atoms with Crippen LogP contribution in [0.25, 0.3) is 0 Å². The maximum Gasteiger partial charge on any atom is 0.260 e. The van der Waals surface area contributed by atoms with Gasteiger partial charge in [0.15, 0.2) is 0 Å². The molecule has 0 spiro atoms. The van der Waals surface area contributed by atoms with Gasteiger partial charge in [0.05, 0.1) is 17.7 Å². The lowest BCUT2D eigenvalue weighted by molar-refractivity contribution is -0.119. The van der Waals surface area contributed by atoms with Crippen molar-refractivity contribution in [1.29, 1.82) is 0 Å². The molecule has 0 saturated carbocycles. The molecule has 0 heterocycles. The third-order valence-corrected chi connectivity index (χ3v) is 4.91. The number of sulfonamides is 1. The molecule has 2 N–H and O–H groups in total. The number of benzene rings is 2. The van der Waals surface area contributed by atoms with Crippen LogP contribution in [0, 0.1) is 5.82 Å². The molecule has 0 bridgehead atoms. The summed E-state index contributed by atoms with van der Waals surface area (Å²) in [7, 11) is -3.89. The lowest BCUT2D eigenvalue weighted by Gasteiger charge is -2.21. The fourth-order valence-electron chi connectivity index (χ4n) is 2.41. The lowest BCUT2D eigenvalue weighted by atomic mass is 10.1. The number of nitrogens with zero attached hydrogens (tertiary/aromatic N) is 2. The van der Waals surface area contributed by atoms with Crippen LogP contribution in [-0.4, -0.2) is 38.7 Å². The molecule has 0 aliphatic rings. The molecule has 0 unspecified atom stereocenters. The number of amides is 2. The van der Waals surface area contributed by atoms with Crippen LogP contribution < -0.4 is 15.0 Å². The van der Waals surface area contributed by atoms with Gasteiger partial charge in [-0.05, 0) is 36.8 Å². The second-order valence-corrected chi connectivity index (χ2v) is 8.12. The van der Waals surface area contributed by atoms with E-state index in [4.69, 9.17) is 0 Å². The number of para-hydroxylation sites is 1. The molecule has 2 aromatic carbocycles. The molecule has 0 aliphatic carbocycles. The van der Waals surface area contributed by atoms with Gasteiger partial charge < -0.3 is 5.32 Å². The van der Waals surface area contributed by atoms with E-state index < -0.39 is 28.3 Å². The van der Waals surface area contributed by atoms with Crippen molar-refractivity contribution in [2.24, 2.45) is 5.10 Å². The van der Waals surface area contributed by atoms with E-state index in [2.05, 4.69) is 15.8 Å². The standard InChI is InChI=1S/C19H21FN4O4S/c1-13(15-8-10-16(11-9-15)21-14(2)25)22-23-19(26)12-24(29(3,27)28)18-7-5-4-6-17(18)20/h4-11H,12H2,1-3H3,(H,21,25)(H,23,26)/b22-13-. The summed E-state index contributed by atoms with van der Waals surface area (Å²) in [5.41, 5.74) is 3.82. The monoisotopic (exact) mass is 420 g/mol. The summed E-state index contributed by atoms with van der Waals surface area (Å²) >= 11 is 0. The fraction of sp³-hybridized carbons (Fsp3) is 0.211. The maximum atomic E-state index is 14.0. The Morgan fingerprint density at radius 1 is 1.07 bits per heavy atom. The van der Waals surface area contributed by atoms with Gasteiger partial charge in [-0.1, -0.05) is 24.3 Å². The Bertz CT molecular complexity index is 1040. The molecule has 0 aliphatic heterocycles. The van der Waals surface area contributed by atoms with Crippen molar-refractivity contribution in [3.63, 3.8) is 0 Å². The number of rotatable bonds is 7. The molecule has 0 atom stereocenters. The van der Waals surface area contributed by atoms with Crippen molar-refractivity contribution < 1.29 is 22.4 Å². The molecular weight excluding hydrogens is 399 g/mol. The predicted molar refractivity (Wildman–Crippen MR) is 110 cm³/mol. The highest BCUT2D eigenvalue weighted by Gasteiger charge is 2.23. The van der Waals surface area contributed by atoms with Gasteiger partial charge in [-0.25, -0.2) is 18.2 Å². The number of hydrogen-bond acceptors (Lipinski definition) is 5. The summed E-state index contributed by atoms with van der Waals surface area (Å²) in [5, 5.41) is 6.59. The number of carbonyl (C=O) groups is 2. The maximum absolute atomic E-state index is 14.0. The van der Waals surface area contributed by atoms with Crippen LogP contribution in [0.5, 0.6) is 0 Å². The largest absolute Gasteiger partial charge is 0.326 e. The molecule has 0 aromatic heterocycles. The Labute approximate surface area is 168 Å². The Hall–Kier alpha value is -3.27. The van der Waals surface area contributed by atoms with Crippen molar-refractivity contribution >= 4 is 38.9 Å². The number of nitrogens with one attached hydrogen (secondary N) is 2. The SMILES string of the molecule is CC(=O)Nc1ccc(/C(C)=N\NC(=O)CN(c2ccccc2F)S(C)(=O)=O)cc1. The Balaban J connectivity index is 2.10. The zero-order valence-electron chi connectivity index (χ0n) is 16.1. The molecule has 29 heavy (non-hydrogen) atoms. The third-order valence-electron chi connectivity index (χ3n) is 3.78. The molecule has 0 radical (unpaired) electrons. The number of hydrogen-bond donors (Lipinski definition) is 2. The molecule has 2 rings (SSSR count). The Morgan fingerprint density at radius 3 is 2.24 bits per heavy atom. The van der Waals surface area contributed by atoms with E-state index in [-0.39, 0.29) is 11.6 Å². The van der Waals surface area contributed by atoms with Gasteiger partial charge in [-0.3, -0.25) is 13.9 Å². The number of carbonyl (C=O) groups excluding carboxylic acids is 2. The highest BCUT2D eigenvalue weighted by molar-refractivity contribution is 7.92. The first kappa shape index (κ1) is 22.0. The van der Waals surface area contributed by atoms with Crippen LogP contribution in [0.1, 0.15) is 19.4 Å². The van der Waals surface area contributed by atoms with Crippen molar-refractivity contribution in [2.75, 3.05) is 22.4 Å². The van der Waals surface area contributed by atoms with Crippen LogP contribution in [0.4, 0.5) is 15.8 Å². The average Bonchev–Trinajstić information content (AvgIpc) is 2.64. The van der Waals surface area contributed by atoms with E-state index >= 15 is 0 Å². The summed E-state index contributed by atoms with van der Waals surface area (Å²) < 4.78 is 38.6. The van der Waals surface area contributed by atoms with Crippen LogP contribution in [0.2, 0.25) is 0 Å². The first-order chi connectivity index (χ1) is 13.6. The van der Waals surface area contributed by atoms with Crippen molar-refractivity contribution in [1.82, 2.24) is 5.43 Å². The second-order valence-electron chi connectivity index (χ2n) is 6.21. The molecule has 0 fully saturated rings. The minimum absolute atomic E-state index is 0.194. The van der Waals surface area contributed by atoms with Crippen LogP contribution in [0.15, 0.2) is 53.6 Å². The number of hydrazone groups is 1. The van der Waals surface area contributed by atoms with E-state index in [9.17, 15) is 22.4 Å². The summed E-state index contributed by atoms with van der Waals surface area (Å²) in [4.78, 5) is 23.2. The van der Waals surface area contributed by atoms with Gasteiger partial charge in [-0.2, -0.15) is 5.10 Å². The highest BCUT2D eigenvalue weighted by Crippen LogP contribution is 2.20. The van der Waals surface area contributed by atoms with Gasteiger partial charge in [0.25, 0.3) is 5.91 Å². The predicted octanol–water partition coefficient (Wildman–Crippen LogP) is 2.09. The fourth-order valence-corrected chi connectivity index (χ4v) is 3.27. The van der Waals surface area contributed by atoms with E-state index in [0.29, 0.717) is 21.3 Å². The van der Waals surface area contributed by atoms with Crippen molar-refractivity contribution in [3.8, 4) is 0 Å². The summed E-state index contributed by atoms with van der Waals surface area (Å²) in [6, 6.07) is 12.1. The zero-order chi connectivity index (χ0) is 21.6. The smallest absolute Gasteiger partial charge is 0.260 e. The normalized spacial score (nSPS) is 11.7. The first-order valence-electron chi connectivity index (χ1n) is 8.51. The molecule has 2 amide bonds. The quantitative estimate of drug-likeness (QED) is 0.528. The van der Waals surface area contributed by atoms with E-state index in [1.54, 1.807) is 31.2 Å². The van der Waals surface area contributed by atoms with Crippen LogP contribution in [0.3, 0.4) is 0 Å². The van der Waals surface area contributed by atoms with Gasteiger partial charge in [0.2, 0.25) is 15.9 Å². The minimum atomic E-state index is -3.89. The summed E-state index contributed by atoms with van der Waals surface area (Å²) in [6.07, 6.45) is 0.887. The highest BCUT2D eigenvalue weighted by atomic mass is 32.2. The molecule has 2 aromatic rings. The van der Waals surface area contributed by atoms with Gasteiger partial charge in [0, 0.05) is 12.6 Å². The number of anilines is 2. The van der Waals surface area contributed by atoms with Crippen LogP contribution >= 0.6 is 0 Å². The van der Waals surface area contributed by atoms with Gasteiger partial charge in [-0.15, -0.1) is 0 Å². The molecule has 0 saturated heterocycles. The van der Waals surface area contributed by atoms with E-state index in [1.165, 1.54) is 25.1 Å². The Kier molecular flexibility index (Phi) is 7.05. The zero-order valence-corrected chi connectivity index (χ0v) is 17.0. The van der Waals surface area contributed by atoms with E-state index in [0.717, 1.165) is 12.3 Å². The van der Waals surface area contributed by atoms with Gasteiger partial charge >= 0.3 is 0 Å². The van der Waals surface area contributed by atoms with Crippen molar-refractivity contribution in [3.05, 3.63) is 59.9 Å².